The summed E-state index contributed by atoms with van der Waals surface area (Å²) in [7, 11) is 0. The van der Waals surface area contributed by atoms with Crippen LogP contribution in [-0.4, -0.2) is 140 Å². The van der Waals surface area contributed by atoms with Crippen molar-refractivity contribution in [3.63, 3.8) is 0 Å². The molecule has 12 atom stereocenters. The van der Waals surface area contributed by atoms with Crippen LogP contribution in [0.25, 0.3) is 0 Å². The van der Waals surface area contributed by atoms with Crippen molar-refractivity contribution in [2.24, 2.45) is 0 Å². The van der Waals surface area contributed by atoms with Crippen LogP contribution in [-0.2, 0) is 23.7 Å². The summed E-state index contributed by atoms with van der Waals surface area (Å²) in [5, 5.41) is 87.1. The molecule has 9 N–H and O–H groups in total. The van der Waals surface area contributed by atoms with E-state index in [0.29, 0.717) is 12.8 Å². The van der Waals surface area contributed by atoms with Crippen LogP contribution >= 0.6 is 0 Å². The zero-order chi connectivity index (χ0) is 58.8. The van der Waals surface area contributed by atoms with E-state index in [0.717, 1.165) is 64.2 Å². The minimum Gasteiger partial charge on any atom is -0.394 e. The van der Waals surface area contributed by atoms with Gasteiger partial charge in [0.05, 0.1) is 32.0 Å². The molecule has 12 unspecified atom stereocenters. The second-order valence-electron chi connectivity index (χ2n) is 21.8. The quantitative estimate of drug-likeness (QED) is 0.0204. The molecule has 14 nitrogen and oxygen atoms in total. The molecular weight excluding hydrogens is 1030 g/mol. The molecular formula is C67H113NO13. The number of ether oxygens (including phenoxy) is 4. The predicted molar refractivity (Wildman–Crippen MR) is 327 cm³/mol. The summed E-state index contributed by atoms with van der Waals surface area (Å²) in [6, 6.07) is -0.987. The van der Waals surface area contributed by atoms with E-state index in [-0.39, 0.29) is 18.9 Å². The number of rotatable bonds is 49. The third kappa shape index (κ3) is 36.2. The Morgan fingerprint density at radius 2 is 0.864 bits per heavy atom. The van der Waals surface area contributed by atoms with Gasteiger partial charge in [-0.3, -0.25) is 4.79 Å². The highest BCUT2D eigenvalue weighted by atomic mass is 16.7. The molecule has 0 aromatic carbocycles. The van der Waals surface area contributed by atoms with Gasteiger partial charge < -0.3 is 65.1 Å². The van der Waals surface area contributed by atoms with Gasteiger partial charge in [-0.15, -0.1) is 0 Å². The Kier molecular flexibility index (Phi) is 46.5. The SMILES string of the molecule is CC/C=C\C/C=C\C/C=C\C/C=C\C/C=C\C/C=C\CCC(=O)NC(COC1OC(CO)C(OC2OC(CO)C(O)C(O)C2O)C(O)C1O)C(O)/C=C/CC/C=C/CC/C=C/CCCCCCCCCCCCCCCCCCCC. The Hall–Kier alpha value is -3.35. The second kappa shape index (κ2) is 51.1. The normalized spacial score (nSPS) is 24.9. The molecule has 464 valence electrons. The van der Waals surface area contributed by atoms with Gasteiger partial charge in [-0.25, -0.2) is 0 Å². The van der Waals surface area contributed by atoms with Crippen LogP contribution in [0.15, 0.2) is 109 Å². The van der Waals surface area contributed by atoms with E-state index >= 15 is 0 Å². The maximum atomic E-state index is 13.2. The number of unbranched alkanes of at least 4 members (excludes halogenated alkanes) is 20. The summed E-state index contributed by atoms with van der Waals surface area (Å²) in [4.78, 5) is 13.2. The van der Waals surface area contributed by atoms with Crippen LogP contribution in [0.5, 0.6) is 0 Å². The van der Waals surface area contributed by atoms with Crippen molar-refractivity contribution >= 4 is 5.91 Å². The van der Waals surface area contributed by atoms with Crippen LogP contribution in [0, 0.1) is 0 Å². The molecule has 1 amide bonds. The zero-order valence-corrected chi connectivity index (χ0v) is 50.0. The number of allylic oxidation sites excluding steroid dienone is 17. The van der Waals surface area contributed by atoms with Gasteiger partial charge >= 0.3 is 0 Å². The van der Waals surface area contributed by atoms with Gasteiger partial charge in [0.25, 0.3) is 0 Å². The monoisotopic (exact) mass is 1140 g/mol. The van der Waals surface area contributed by atoms with E-state index in [4.69, 9.17) is 18.9 Å². The van der Waals surface area contributed by atoms with Gasteiger partial charge in [0.15, 0.2) is 12.6 Å². The van der Waals surface area contributed by atoms with Gasteiger partial charge in [0, 0.05) is 6.42 Å². The van der Waals surface area contributed by atoms with Crippen molar-refractivity contribution in [3.8, 4) is 0 Å². The lowest BCUT2D eigenvalue weighted by molar-refractivity contribution is -0.359. The molecule has 0 spiro atoms. The summed E-state index contributed by atoms with van der Waals surface area (Å²) in [5.74, 6) is -0.339. The summed E-state index contributed by atoms with van der Waals surface area (Å²) in [6.45, 7) is 2.61. The molecule has 0 aliphatic carbocycles. The first kappa shape index (κ1) is 73.8. The van der Waals surface area contributed by atoms with Crippen LogP contribution in [0.2, 0.25) is 0 Å². The highest BCUT2D eigenvalue weighted by Crippen LogP contribution is 2.30. The maximum Gasteiger partial charge on any atom is 0.220 e. The molecule has 0 radical (unpaired) electrons. The summed E-state index contributed by atoms with van der Waals surface area (Å²) in [6.07, 6.45) is 55.9. The first-order valence-corrected chi connectivity index (χ1v) is 31.6. The lowest BCUT2D eigenvalue weighted by Gasteiger charge is -2.46. The van der Waals surface area contributed by atoms with Crippen LogP contribution in [0.1, 0.15) is 213 Å². The second-order valence-corrected chi connectivity index (χ2v) is 21.8. The third-order valence-corrected chi connectivity index (χ3v) is 14.7. The maximum absolute atomic E-state index is 13.2. The average molecular weight is 1140 g/mol. The van der Waals surface area contributed by atoms with Gasteiger partial charge in [0.1, 0.15) is 48.8 Å². The summed E-state index contributed by atoms with van der Waals surface area (Å²) in [5.41, 5.74) is 0. The van der Waals surface area contributed by atoms with Crippen molar-refractivity contribution in [3.05, 3.63) is 109 Å². The molecule has 2 heterocycles. The number of amides is 1. The topological polar surface area (TPSA) is 228 Å². The molecule has 2 aliphatic rings. The predicted octanol–water partition coefficient (Wildman–Crippen LogP) is 11.6. The van der Waals surface area contributed by atoms with Crippen LogP contribution in [0.3, 0.4) is 0 Å². The summed E-state index contributed by atoms with van der Waals surface area (Å²) >= 11 is 0. The fourth-order valence-electron chi connectivity index (χ4n) is 9.64. The third-order valence-electron chi connectivity index (χ3n) is 14.7. The van der Waals surface area contributed by atoms with E-state index in [1.165, 1.54) is 116 Å². The summed E-state index contributed by atoms with van der Waals surface area (Å²) < 4.78 is 22.7. The van der Waals surface area contributed by atoms with E-state index in [9.17, 15) is 45.6 Å². The van der Waals surface area contributed by atoms with Crippen molar-refractivity contribution in [2.75, 3.05) is 19.8 Å². The average Bonchev–Trinajstić information content (AvgIpc) is 3.63. The molecule has 2 saturated heterocycles. The number of carbonyl (C=O) groups excluding carboxylic acids is 1. The number of hydrogen-bond acceptors (Lipinski definition) is 13. The Labute approximate surface area is 489 Å². The molecule has 2 aliphatic heterocycles. The first-order chi connectivity index (χ1) is 39.6. The molecule has 0 aromatic heterocycles. The van der Waals surface area contributed by atoms with Crippen LogP contribution in [0.4, 0.5) is 0 Å². The molecule has 2 fully saturated rings. The lowest BCUT2D eigenvalue weighted by Crippen LogP contribution is -2.65. The smallest absolute Gasteiger partial charge is 0.220 e. The standard InChI is InChI=1S/C67H113NO13/c1-3-5-7-9-11-13-15-17-19-21-23-24-25-26-27-28-29-30-31-33-34-36-38-40-42-44-46-48-50-56(71)55(68-59(72)51-49-47-45-43-41-39-37-35-32-22-20-18-16-14-12-10-8-6-4-2)54-78-66-64(77)62(75)65(58(53-70)80-66)81-67-63(76)61(74)60(73)57(52-69)79-67/h6,8,12,14,18,20,32-35,39-42,45,47-48,50,55-58,60-67,69-71,73-77H,3-5,7,9-11,13,15-17,19,21-31,36-38,43-44,46,49,51-54H2,1-2H3,(H,68,72)/b8-6-,14-12-,20-18-,34-33+,35-32-,41-39-,42-40+,47-45-,50-48+. The Bertz CT molecular complexity index is 1770. The minimum atomic E-state index is -1.81. The number of carbonyl (C=O) groups is 1. The zero-order valence-electron chi connectivity index (χ0n) is 50.0. The number of aliphatic hydroxyl groups is 8. The Morgan fingerprint density at radius 3 is 1.35 bits per heavy atom. The molecule has 0 bridgehead atoms. The van der Waals surface area contributed by atoms with E-state index < -0.39 is 86.8 Å². The largest absolute Gasteiger partial charge is 0.394 e. The highest BCUT2D eigenvalue weighted by Gasteiger charge is 2.51. The van der Waals surface area contributed by atoms with Gasteiger partial charge in [0.2, 0.25) is 5.91 Å². The van der Waals surface area contributed by atoms with E-state index in [1.54, 1.807) is 6.08 Å². The van der Waals surface area contributed by atoms with Crippen molar-refractivity contribution in [1.29, 1.82) is 0 Å². The molecule has 81 heavy (non-hydrogen) atoms. The molecule has 14 heteroatoms. The Balaban J connectivity index is 1.79. The first-order valence-electron chi connectivity index (χ1n) is 31.6. The van der Waals surface area contributed by atoms with Gasteiger partial charge in [-0.1, -0.05) is 232 Å². The number of aliphatic hydroxyl groups excluding tert-OH is 8. The highest BCUT2D eigenvalue weighted by molar-refractivity contribution is 5.76. The molecule has 2 rings (SSSR count). The van der Waals surface area contributed by atoms with E-state index in [1.807, 2.05) is 18.2 Å². The molecule has 0 aromatic rings. The van der Waals surface area contributed by atoms with Gasteiger partial charge in [-0.05, 0) is 83.5 Å². The van der Waals surface area contributed by atoms with Gasteiger partial charge in [-0.2, -0.15) is 0 Å². The Morgan fingerprint density at radius 1 is 0.457 bits per heavy atom. The van der Waals surface area contributed by atoms with Crippen molar-refractivity contribution < 1.29 is 64.6 Å². The lowest BCUT2D eigenvalue weighted by atomic mass is 9.97. The fourth-order valence-corrected chi connectivity index (χ4v) is 9.64. The van der Waals surface area contributed by atoms with E-state index in [2.05, 4.69) is 104 Å². The minimum absolute atomic E-state index is 0.138. The van der Waals surface area contributed by atoms with Crippen molar-refractivity contribution in [1.82, 2.24) is 5.32 Å². The number of nitrogens with one attached hydrogen (secondary N) is 1. The molecule has 0 saturated carbocycles. The fraction of sp³-hybridized carbons (Fsp3) is 0.716. The van der Waals surface area contributed by atoms with Crippen molar-refractivity contribution in [2.45, 2.75) is 286 Å². The number of hydrogen-bond donors (Lipinski definition) is 9. The van der Waals surface area contributed by atoms with Crippen LogP contribution < -0.4 is 5.32 Å².